The maximum atomic E-state index is 11.4. The topological polar surface area (TPSA) is 97.8 Å². The summed E-state index contributed by atoms with van der Waals surface area (Å²) in [6.45, 7) is 8.13. The molecule has 2 aromatic heterocycles. The Labute approximate surface area is 277 Å². The highest BCUT2D eigenvalue weighted by molar-refractivity contribution is 7.22. The van der Waals surface area contributed by atoms with Crippen LogP contribution in [0.3, 0.4) is 0 Å². The van der Waals surface area contributed by atoms with Gasteiger partial charge in [0.25, 0.3) is 0 Å². The molecule has 0 bridgehead atoms. The quantitative estimate of drug-likeness (QED) is 0.164. The SMILES string of the molecule is CNc1ccc(-c2nc3ccc(B(O)Oc4cc(B5OC(C)(C)C(C)(C)O5)cc5sc(-c6ccc(NC)cc6)nc45)cc3s2)cc1. The standard InChI is InChI=1S/C34H34B2N4O4S2/c1-33(2)34(3,4)44-36(43-33)23-17-27(30-29(19-23)46-32(40-30)21-9-14-25(38-6)15-10-21)42-35(41)22-11-16-26-28(18-22)45-31(39-26)20-7-12-24(37-5)13-8-20/h7-19,37-38,41H,1-6H3. The van der Waals surface area contributed by atoms with Crippen molar-refractivity contribution >= 4 is 79.6 Å². The van der Waals surface area contributed by atoms with Gasteiger partial charge in [-0.15, -0.1) is 22.7 Å². The van der Waals surface area contributed by atoms with Crippen molar-refractivity contribution < 1.29 is 19.0 Å². The number of hydrogen-bond donors (Lipinski definition) is 3. The molecule has 6 aromatic rings. The van der Waals surface area contributed by atoms with Crippen LogP contribution in [0.1, 0.15) is 27.7 Å². The van der Waals surface area contributed by atoms with Crippen molar-refractivity contribution in [1.29, 1.82) is 0 Å². The third-order valence-electron chi connectivity index (χ3n) is 8.78. The van der Waals surface area contributed by atoms with Gasteiger partial charge in [0, 0.05) is 36.6 Å². The average molecular weight is 648 g/mol. The lowest BCUT2D eigenvalue weighted by Gasteiger charge is -2.32. The smallest absolute Gasteiger partial charge is 0.531 e. The summed E-state index contributed by atoms with van der Waals surface area (Å²) in [5.41, 5.74) is 6.07. The Morgan fingerprint density at radius 3 is 1.89 bits per heavy atom. The van der Waals surface area contributed by atoms with Crippen LogP contribution in [0.25, 0.3) is 41.6 Å². The zero-order valence-corrected chi connectivity index (χ0v) is 28.2. The second kappa shape index (κ2) is 11.7. The molecular weight excluding hydrogens is 614 g/mol. The molecule has 46 heavy (non-hydrogen) atoms. The molecule has 232 valence electrons. The Morgan fingerprint density at radius 2 is 1.30 bits per heavy atom. The summed E-state index contributed by atoms with van der Waals surface area (Å²) >= 11 is 3.14. The number of nitrogens with zero attached hydrogens (tertiary/aromatic N) is 2. The number of rotatable bonds is 8. The number of hydrogen-bond acceptors (Lipinski definition) is 10. The van der Waals surface area contributed by atoms with Crippen LogP contribution in [-0.4, -0.2) is 54.5 Å². The van der Waals surface area contributed by atoms with Gasteiger partial charge in [-0.2, -0.15) is 0 Å². The van der Waals surface area contributed by atoms with E-state index in [1.54, 1.807) is 22.7 Å². The highest BCUT2D eigenvalue weighted by atomic mass is 32.1. The monoisotopic (exact) mass is 648 g/mol. The van der Waals surface area contributed by atoms with E-state index in [0.717, 1.165) is 52.9 Å². The molecular formula is C34H34B2N4O4S2. The molecule has 0 amide bonds. The number of nitrogens with one attached hydrogen (secondary N) is 2. The van der Waals surface area contributed by atoms with Crippen LogP contribution in [0, 0.1) is 0 Å². The highest BCUT2D eigenvalue weighted by Gasteiger charge is 2.52. The summed E-state index contributed by atoms with van der Waals surface area (Å²) in [4.78, 5) is 9.80. The lowest BCUT2D eigenvalue weighted by Crippen LogP contribution is -2.41. The van der Waals surface area contributed by atoms with Crippen LogP contribution in [0.5, 0.6) is 5.75 Å². The van der Waals surface area contributed by atoms with Crippen molar-refractivity contribution in [2.75, 3.05) is 24.7 Å². The highest BCUT2D eigenvalue weighted by Crippen LogP contribution is 2.39. The largest absolute Gasteiger partial charge is 0.560 e. The van der Waals surface area contributed by atoms with Gasteiger partial charge in [-0.3, -0.25) is 0 Å². The van der Waals surface area contributed by atoms with Gasteiger partial charge in [0.05, 0.1) is 26.1 Å². The van der Waals surface area contributed by atoms with Gasteiger partial charge in [0.1, 0.15) is 21.3 Å². The molecule has 0 unspecified atom stereocenters. The maximum Gasteiger partial charge on any atom is 0.560 e. The van der Waals surface area contributed by atoms with E-state index in [9.17, 15) is 5.02 Å². The first kappa shape index (κ1) is 30.7. The zero-order valence-electron chi connectivity index (χ0n) is 26.5. The molecule has 0 radical (unpaired) electrons. The van der Waals surface area contributed by atoms with E-state index in [4.69, 9.17) is 23.9 Å². The second-order valence-electron chi connectivity index (χ2n) is 12.3. The molecule has 0 atom stereocenters. The van der Waals surface area contributed by atoms with E-state index in [-0.39, 0.29) is 0 Å². The number of aromatic nitrogens is 2. The molecule has 3 heterocycles. The molecule has 0 saturated carbocycles. The minimum atomic E-state index is -1.23. The molecule has 1 fully saturated rings. The van der Waals surface area contributed by atoms with Crippen LogP contribution in [0.2, 0.25) is 0 Å². The predicted molar refractivity (Wildman–Crippen MR) is 193 cm³/mol. The number of thiazole rings is 2. The normalized spacial score (nSPS) is 15.4. The maximum absolute atomic E-state index is 11.4. The van der Waals surface area contributed by atoms with E-state index in [0.29, 0.717) is 16.7 Å². The Hall–Kier alpha value is -3.93. The molecule has 8 nitrogen and oxygen atoms in total. The van der Waals surface area contributed by atoms with E-state index in [1.807, 2.05) is 109 Å². The van der Waals surface area contributed by atoms with Gasteiger partial charge in [-0.05, 0) is 111 Å². The van der Waals surface area contributed by atoms with Crippen LogP contribution < -0.4 is 26.2 Å². The van der Waals surface area contributed by atoms with E-state index >= 15 is 0 Å². The first-order valence-electron chi connectivity index (χ1n) is 15.2. The molecule has 7 rings (SSSR count). The van der Waals surface area contributed by atoms with E-state index in [1.165, 1.54) is 0 Å². The number of anilines is 2. The first-order chi connectivity index (χ1) is 22.0. The molecule has 4 aromatic carbocycles. The molecule has 1 aliphatic heterocycles. The summed E-state index contributed by atoms with van der Waals surface area (Å²) in [7, 11) is 1.97. The van der Waals surface area contributed by atoms with Gasteiger partial charge in [0.15, 0.2) is 0 Å². The fourth-order valence-corrected chi connectivity index (χ4v) is 7.37. The van der Waals surface area contributed by atoms with Crippen molar-refractivity contribution in [3.05, 3.63) is 78.9 Å². The van der Waals surface area contributed by atoms with E-state index in [2.05, 4.69) is 22.8 Å². The molecule has 0 aliphatic carbocycles. The van der Waals surface area contributed by atoms with Crippen molar-refractivity contribution in [3.63, 3.8) is 0 Å². The Bertz CT molecular complexity index is 2030. The zero-order chi connectivity index (χ0) is 32.2. The molecule has 12 heteroatoms. The van der Waals surface area contributed by atoms with Gasteiger partial charge >= 0.3 is 14.2 Å². The summed E-state index contributed by atoms with van der Waals surface area (Å²) in [5.74, 6) is 0.457. The van der Waals surface area contributed by atoms with Crippen LogP contribution in [-0.2, 0) is 9.31 Å². The summed E-state index contributed by atoms with van der Waals surface area (Å²) in [6.07, 6.45) is 0. The summed E-state index contributed by atoms with van der Waals surface area (Å²) in [6, 6.07) is 25.9. The second-order valence-corrected chi connectivity index (χ2v) is 14.4. The van der Waals surface area contributed by atoms with Crippen LogP contribution in [0.15, 0.2) is 78.9 Å². The molecule has 0 spiro atoms. The minimum Gasteiger partial charge on any atom is -0.531 e. The fraction of sp³-hybridized carbons (Fsp3) is 0.235. The lowest BCUT2D eigenvalue weighted by molar-refractivity contribution is 0.00578. The average Bonchev–Trinajstić information content (AvgIpc) is 3.74. The Balaban J connectivity index is 1.24. The van der Waals surface area contributed by atoms with E-state index < -0.39 is 25.4 Å². The number of benzene rings is 4. The van der Waals surface area contributed by atoms with Crippen LogP contribution in [0.4, 0.5) is 11.4 Å². The molecule has 1 aliphatic rings. The summed E-state index contributed by atoms with van der Waals surface area (Å²) < 4.78 is 21.0. The fourth-order valence-electron chi connectivity index (χ4n) is 5.31. The van der Waals surface area contributed by atoms with Gasteiger partial charge in [-0.25, -0.2) is 9.97 Å². The van der Waals surface area contributed by atoms with Crippen molar-refractivity contribution in [2.45, 2.75) is 38.9 Å². The Kier molecular flexibility index (Phi) is 7.81. The third kappa shape index (κ3) is 5.65. The Morgan fingerprint density at radius 1 is 0.739 bits per heavy atom. The van der Waals surface area contributed by atoms with Gasteiger partial charge in [-0.1, -0.05) is 6.07 Å². The summed E-state index contributed by atoms with van der Waals surface area (Å²) in [5, 5.41) is 19.5. The lowest BCUT2D eigenvalue weighted by atomic mass is 9.77. The van der Waals surface area contributed by atoms with Crippen LogP contribution >= 0.6 is 22.7 Å². The number of fused-ring (bicyclic) bond motifs is 2. The van der Waals surface area contributed by atoms with Gasteiger partial charge < -0.3 is 29.6 Å². The van der Waals surface area contributed by atoms with Crippen molar-refractivity contribution in [2.24, 2.45) is 0 Å². The molecule has 1 saturated heterocycles. The third-order valence-corrected chi connectivity index (χ3v) is 10.9. The van der Waals surface area contributed by atoms with Gasteiger partial charge in [0.2, 0.25) is 0 Å². The molecule has 3 N–H and O–H groups in total. The first-order valence-corrected chi connectivity index (χ1v) is 16.8. The minimum absolute atomic E-state index is 0.457. The predicted octanol–water partition coefficient (Wildman–Crippen LogP) is 6.39. The van der Waals surface area contributed by atoms with Crippen molar-refractivity contribution in [1.82, 2.24) is 9.97 Å². The van der Waals surface area contributed by atoms with Crippen molar-refractivity contribution in [3.8, 4) is 26.9 Å².